The van der Waals surface area contributed by atoms with Gasteiger partial charge in [-0.15, -0.1) is 0 Å². The molecule has 3 heterocycles. The number of nitrogens with zero attached hydrogens (tertiary/aromatic N) is 5. The van der Waals surface area contributed by atoms with Crippen molar-refractivity contribution in [2.24, 2.45) is 0 Å². The number of nitriles is 1. The Bertz CT molecular complexity index is 751. The lowest BCUT2D eigenvalue weighted by Crippen LogP contribution is -2.24. The van der Waals surface area contributed by atoms with Gasteiger partial charge >= 0.3 is 0 Å². The quantitative estimate of drug-likeness (QED) is 0.915. The fourth-order valence-corrected chi connectivity index (χ4v) is 3.64. The van der Waals surface area contributed by atoms with Gasteiger partial charge in [0.2, 0.25) is 0 Å². The molecule has 7 heteroatoms. The van der Waals surface area contributed by atoms with Crippen LogP contribution in [0.1, 0.15) is 34.9 Å². The highest BCUT2D eigenvalue weighted by atomic mass is 16.5. The van der Waals surface area contributed by atoms with Crippen LogP contribution >= 0.6 is 0 Å². The van der Waals surface area contributed by atoms with E-state index in [0.29, 0.717) is 12.1 Å². The molecule has 1 N–H and O–H groups in total. The van der Waals surface area contributed by atoms with Crippen LogP contribution in [0.2, 0.25) is 0 Å². The van der Waals surface area contributed by atoms with Crippen LogP contribution < -0.4 is 4.90 Å². The number of ether oxygens (including phenoxy) is 1. The van der Waals surface area contributed by atoms with Crippen LogP contribution in [0.5, 0.6) is 0 Å². The van der Waals surface area contributed by atoms with Crippen LogP contribution in [0.3, 0.4) is 0 Å². The second-order valence-corrected chi connectivity index (χ2v) is 6.11. The van der Waals surface area contributed by atoms with Crippen LogP contribution in [0, 0.1) is 11.3 Å². The van der Waals surface area contributed by atoms with E-state index in [1.54, 1.807) is 13.3 Å². The molecule has 0 aromatic carbocycles. The molecular weight excluding hydrogens is 292 g/mol. The average Bonchev–Trinajstić information content (AvgIpc) is 3.31. The maximum absolute atomic E-state index is 9.51. The number of methoxy groups -OCH3 is 1. The summed E-state index contributed by atoms with van der Waals surface area (Å²) in [4.78, 5) is 6.94. The lowest BCUT2D eigenvalue weighted by molar-refractivity contribution is 0.105. The molecule has 4 rings (SSSR count). The van der Waals surface area contributed by atoms with Gasteiger partial charge in [-0.1, -0.05) is 0 Å². The summed E-state index contributed by atoms with van der Waals surface area (Å²) in [5.74, 6) is 0.904. The standard InChI is InChI=1S/C16H18N6O/c1-23-15-9-22(8-12(15)14-7-18-21-20-14)16-11(6-17)5-10-3-2-4-13(10)19-16/h5,7,12,15H,2-4,8-9H2,1H3,(H,18,20,21)/t12-,15+/m0/s1. The molecule has 1 aliphatic carbocycles. The first-order chi connectivity index (χ1) is 11.3. The summed E-state index contributed by atoms with van der Waals surface area (Å²) in [5, 5.41) is 20.3. The third kappa shape index (κ3) is 2.35. The van der Waals surface area contributed by atoms with Crippen molar-refractivity contribution in [3.05, 3.63) is 34.8 Å². The van der Waals surface area contributed by atoms with E-state index >= 15 is 0 Å². The zero-order valence-corrected chi connectivity index (χ0v) is 13.0. The van der Waals surface area contributed by atoms with Gasteiger partial charge in [-0.05, 0) is 30.9 Å². The number of aromatic amines is 1. The normalized spacial score (nSPS) is 23.0. The van der Waals surface area contributed by atoms with Crippen molar-refractivity contribution in [3.8, 4) is 6.07 Å². The van der Waals surface area contributed by atoms with Gasteiger partial charge in [0.1, 0.15) is 11.9 Å². The van der Waals surface area contributed by atoms with Gasteiger partial charge in [-0.3, -0.25) is 0 Å². The summed E-state index contributed by atoms with van der Waals surface area (Å²) >= 11 is 0. The molecular formula is C16H18N6O. The van der Waals surface area contributed by atoms with E-state index in [2.05, 4.69) is 26.4 Å². The highest BCUT2D eigenvalue weighted by Gasteiger charge is 2.37. The summed E-state index contributed by atoms with van der Waals surface area (Å²) in [6.45, 7) is 1.43. The number of hydrogen-bond donors (Lipinski definition) is 1. The zero-order valence-electron chi connectivity index (χ0n) is 13.0. The highest BCUT2D eigenvalue weighted by Crippen LogP contribution is 2.34. The van der Waals surface area contributed by atoms with Crippen LogP contribution in [0.15, 0.2) is 12.3 Å². The molecule has 23 heavy (non-hydrogen) atoms. The monoisotopic (exact) mass is 310 g/mol. The number of pyridine rings is 1. The number of H-pyrrole nitrogens is 1. The van der Waals surface area contributed by atoms with E-state index in [0.717, 1.165) is 43.0 Å². The van der Waals surface area contributed by atoms with Crippen LogP contribution in [0.25, 0.3) is 0 Å². The second kappa shape index (κ2) is 5.63. The molecule has 2 aromatic rings. The van der Waals surface area contributed by atoms with E-state index in [4.69, 9.17) is 9.72 Å². The van der Waals surface area contributed by atoms with Crippen LogP contribution in [0.4, 0.5) is 5.82 Å². The molecule has 2 atom stereocenters. The minimum Gasteiger partial charge on any atom is -0.379 e. The van der Waals surface area contributed by atoms with Crippen LogP contribution in [-0.4, -0.2) is 46.7 Å². The topological polar surface area (TPSA) is 90.7 Å². The summed E-state index contributed by atoms with van der Waals surface area (Å²) in [5.41, 5.74) is 3.90. The number of aryl methyl sites for hydroxylation is 2. The number of nitrogens with one attached hydrogen (secondary N) is 1. The molecule has 1 aliphatic heterocycles. The molecule has 0 saturated carbocycles. The maximum atomic E-state index is 9.51. The zero-order chi connectivity index (χ0) is 15.8. The second-order valence-electron chi connectivity index (χ2n) is 6.11. The van der Waals surface area contributed by atoms with Gasteiger partial charge in [0, 0.05) is 25.9 Å². The number of aromatic nitrogens is 4. The van der Waals surface area contributed by atoms with Crippen molar-refractivity contribution in [2.45, 2.75) is 31.3 Å². The number of anilines is 1. The van der Waals surface area contributed by atoms with E-state index in [9.17, 15) is 5.26 Å². The lowest BCUT2D eigenvalue weighted by atomic mass is 10.0. The van der Waals surface area contributed by atoms with Crippen molar-refractivity contribution >= 4 is 5.82 Å². The van der Waals surface area contributed by atoms with E-state index in [1.165, 1.54) is 5.56 Å². The Hall–Kier alpha value is -2.46. The first-order valence-corrected chi connectivity index (χ1v) is 7.86. The Balaban J connectivity index is 1.68. The molecule has 7 nitrogen and oxygen atoms in total. The summed E-state index contributed by atoms with van der Waals surface area (Å²) in [6.07, 6.45) is 4.91. The number of fused-ring (bicyclic) bond motifs is 1. The van der Waals surface area contributed by atoms with Crippen molar-refractivity contribution in [2.75, 3.05) is 25.1 Å². The van der Waals surface area contributed by atoms with Crippen molar-refractivity contribution in [3.63, 3.8) is 0 Å². The number of hydrogen-bond acceptors (Lipinski definition) is 6. The molecule has 0 unspecified atom stereocenters. The van der Waals surface area contributed by atoms with E-state index in [1.807, 2.05) is 6.07 Å². The molecule has 0 radical (unpaired) electrons. The Kier molecular flexibility index (Phi) is 3.46. The smallest absolute Gasteiger partial charge is 0.146 e. The molecule has 1 fully saturated rings. The van der Waals surface area contributed by atoms with Crippen molar-refractivity contribution in [1.29, 1.82) is 5.26 Å². The lowest BCUT2D eigenvalue weighted by Gasteiger charge is -2.19. The molecule has 1 saturated heterocycles. The van der Waals surface area contributed by atoms with E-state index in [-0.39, 0.29) is 12.0 Å². The van der Waals surface area contributed by atoms with E-state index < -0.39 is 0 Å². The summed E-state index contributed by atoms with van der Waals surface area (Å²) < 4.78 is 5.63. The van der Waals surface area contributed by atoms with Crippen molar-refractivity contribution < 1.29 is 4.74 Å². The van der Waals surface area contributed by atoms with Gasteiger partial charge in [0.15, 0.2) is 0 Å². The van der Waals surface area contributed by atoms with Gasteiger partial charge in [-0.2, -0.15) is 20.7 Å². The predicted molar refractivity (Wildman–Crippen MR) is 83.1 cm³/mol. The molecule has 118 valence electrons. The Morgan fingerprint density at radius 1 is 1.39 bits per heavy atom. The number of rotatable bonds is 3. The molecule has 2 aromatic heterocycles. The van der Waals surface area contributed by atoms with Gasteiger partial charge < -0.3 is 9.64 Å². The first-order valence-electron chi connectivity index (χ1n) is 7.86. The summed E-state index contributed by atoms with van der Waals surface area (Å²) in [6, 6.07) is 4.32. The molecule has 0 amide bonds. The largest absolute Gasteiger partial charge is 0.379 e. The van der Waals surface area contributed by atoms with Gasteiger partial charge in [0.25, 0.3) is 0 Å². The molecule has 2 aliphatic rings. The third-order valence-electron chi connectivity index (χ3n) is 4.83. The average molecular weight is 310 g/mol. The first kappa shape index (κ1) is 14.2. The highest BCUT2D eigenvalue weighted by molar-refractivity contribution is 5.58. The van der Waals surface area contributed by atoms with Crippen molar-refractivity contribution in [1.82, 2.24) is 20.4 Å². The SMILES string of the molecule is CO[C@@H]1CN(c2nc3c(cc2C#N)CCC3)C[C@H]1c1cn[nH]n1. The minimum atomic E-state index is 0.0155. The maximum Gasteiger partial charge on any atom is 0.146 e. The van der Waals surface area contributed by atoms with Gasteiger partial charge in [-0.25, -0.2) is 4.98 Å². The van der Waals surface area contributed by atoms with Crippen LogP contribution in [-0.2, 0) is 17.6 Å². The Labute approximate surface area is 134 Å². The molecule has 0 spiro atoms. The Morgan fingerprint density at radius 3 is 3.04 bits per heavy atom. The fourth-order valence-electron chi connectivity index (χ4n) is 3.64. The summed E-state index contributed by atoms with van der Waals surface area (Å²) in [7, 11) is 1.71. The fraction of sp³-hybridized carbons (Fsp3) is 0.500. The predicted octanol–water partition coefficient (Wildman–Crippen LogP) is 1.18. The minimum absolute atomic E-state index is 0.0155. The molecule has 0 bridgehead atoms. The Morgan fingerprint density at radius 2 is 2.30 bits per heavy atom. The third-order valence-corrected chi connectivity index (χ3v) is 4.83. The van der Waals surface area contributed by atoms with Gasteiger partial charge in [0.05, 0.1) is 29.5 Å².